The monoisotopic (exact) mass is 324 g/mol. The van der Waals surface area contributed by atoms with Crippen LogP contribution in [0.4, 0.5) is 5.82 Å². The van der Waals surface area contributed by atoms with Crippen molar-refractivity contribution in [3.63, 3.8) is 0 Å². The summed E-state index contributed by atoms with van der Waals surface area (Å²) in [4.78, 5) is 41.3. The summed E-state index contributed by atoms with van der Waals surface area (Å²) in [6.07, 6.45) is 1.54. The summed E-state index contributed by atoms with van der Waals surface area (Å²) in [5.41, 5.74) is -0.412. The lowest BCUT2D eigenvalue weighted by Crippen LogP contribution is -2.42. The number of rotatable bonds is 4. The number of carbonyl (C=O) groups excluding carboxylic acids is 1. The Hall–Kier alpha value is -3.22. The molecule has 122 valence electrons. The standard InChI is InChI=1S/C17H16N4O3/c1-2-20-13-8-4-3-7-12(13)16(23)21(17(20)24)11-15(22)19-14-9-5-6-10-18-14/h3-10H,2,11H2,1H3,(H,18,19,22). The molecule has 0 radical (unpaired) electrons. The highest BCUT2D eigenvalue weighted by Gasteiger charge is 2.14. The average molecular weight is 324 g/mol. The zero-order valence-electron chi connectivity index (χ0n) is 13.1. The summed E-state index contributed by atoms with van der Waals surface area (Å²) in [6.45, 7) is 1.86. The number of nitrogens with zero attached hydrogens (tertiary/aromatic N) is 3. The SMILES string of the molecule is CCn1c(=O)n(CC(=O)Nc2ccccn2)c(=O)c2ccccc21. The summed E-state index contributed by atoms with van der Waals surface area (Å²) < 4.78 is 2.43. The van der Waals surface area contributed by atoms with E-state index in [0.29, 0.717) is 23.3 Å². The van der Waals surface area contributed by atoms with Gasteiger partial charge in [-0.3, -0.25) is 18.7 Å². The third kappa shape index (κ3) is 2.83. The maximum Gasteiger partial charge on any atom is 0.331 e. The van der Waals surface area contributed by atoms with E-state index in [4.69, 9.17) is 0 Å². The van der Waals surface area contributed by atoms with Crippen LogP contribution < -0.4 is 16.6 Å². The molecule has 2 aromatic heterocycles. The number of pyridine rings is 1. The molecule has 1 aromatic carbocycles. The Labute approximate surface area is 137 Å². The minimum atomic E-state index is -0.502. The van der Waals surface area contributed by atoms with E-state index in [2.05, 4.69) is 10.3 Å². The second-order valence-electron chi connectivity index (χ2n) is 5.20. The normalized spacial score (nSPS) is 10.7. The Morgan fingerprint density at radius 1 is 1.08 bits per heavy atom. The Bertz CT molecular complexity index is 1010. The number of aryl methyl sites for hydroxylation is 1. The molecule has 7 heteroatoms. The van der Waals surface area contributed by atoms with Crippen molar-refractivity contribution in [2.45, 2.75) is 20.0 Å². The molecule has 24 heavy (non-hydrogen) atoms. The van der Waals surface area contributed by atoms with Crippen molar-refractivity contribution in [1.29, 1.82) is 0 Å². The third-order valence-electron chi connectivity index (χ3n) is 3.68. The molecule has 7 nitrogen and oxygen atoms in total. The zero-order valence-corrected chi connectivity index (χ0v) is 13.1. The van der Waals surface area contributed by atoms with Gasteiger partial charge in [0, 0.05) is 12.7 Å². The molecule has 1 amide bonds. The van der Waals surface area contributed by atoms with Crippen LogP contribution >= 0.6 is 0 Å². The van der Waals surface area contributed by atoms with Crippen molar-refractivity contribution in [2.24, 2.45) is 0 Å². The number of para-hydroxylation sites is 1. The fourth-order valence-corrected chi connectivity index (χ4v) is 2.58. The molecule has 0 aliphatic rings. The Balaban J connectivity index is 2.02. The summed E-state index contributed by atoms with van der Waals surface area (Å²) in [5.74, 6) is -0.113. The second kappa shape index (κ2) is 6.49. The molecule has 0 spiro atoms. The lowest BCUT2D eigenvalue weighted by molar-refractivity contribution is -0.116. The van der Waals surface area contributed by atoms with Gasteiger partial charge in [0.25, 0.3) is 5.56 Å². The van der Waals surface area contributed by atoms with Gasteiger partial charge >= 0.3 is 5.69 Å². The predicted molar refractivity (Wildman–Crippen MR) is 91.0 cm³/mol. The van der Waals surface area contributed by atoms with E-state index in [1.54, 1.807) is 48.7 Å². The van der Waals surface area contributed by atoms with Gasteiger partial charge in [-0.25, -0.2) is 9.78 Å². The Kier molecular flexibility index (Phi) is 4.24. The van der Waals surface area contributed by atoms with E-state index in [0.717, 1.165) is 4.57 Å². The topological polar surface area (TPSA) is 86.0 Å². The molecule has 3 rings (SSSR count). The Morgan fingerprint density at radius 3 is 2.54 bits per heavy atom. The molecule has 0 atom stereocenters. The number of fused-ring (bicyclic) bond motifs is 1. The van der Waals surface area contributed by atoms with Crippen molar-refractivity contribution < 1.29 is 4.79 Å². The second-order valence-corrected chi connectivity index (χ2v) is 5.20. The fraction of sp³-hybridized carbons (Fsp3) is 0.176. The molecular formula is C17H16N4O3. The van der Waals surface area contributed by atoms with Crippen LogP contribution in [0.3, 0.4) is 0 Å². The number of aromatic nitrogens is 3. The van der Waals surface area contributed by atoms with Crippen LogP contribution in [0.1, 0.15) is 6.92 Å². The van der Waals surface area contributed by atoms with Crippen molar-refractivity contribution in [1.82, 2.24) is 14.1 Å². The maximum absolute atomic E-state index is 12.6. The van der Waals surface area contributed by atoms with Gasteiger partial charge in [-0.2, -0.15) is 0 Å². The van der Waals surface area contributed by atoms with E-state index < -0.39 is 17.2 Å². The average Bonchev–Trinajstić information content (AvgIpc) is 2.60. The molecule has 2 heterocycles. The van der Waals surface area contributed by atoms with Gasteiger partial charge in [0.1, 0.15) is 12.4 Å². The van der Waals surface area contributed by atoms with Crippen molar-refractivity contribution >= 4 is 22.6 Å². The molecule has 0 bridgehead atoms. The van der Waals surface area contributed by atoms with Crippen molar-refractivity contribution in [3.8, 4) is 0 Å². The van der Waals surface area contributed by atoms with E-state index in [-0.39, 0.29) is 6.54 Å². The van der Waals surface area contributed by atoms with Gasteiger partial charge in [0.15, 0.2) is 0 Å². The van der Waals surface area contributed by atoms with Crippen molar-refractivity contribution in [2.75, 3.05) is 5.32 Å². The van der Waals surface area contributed by atoms with Crippen LogP contribution in [0, 0.1) is 0 Å². The summed E-state index contributed by atoms with van der Waals surface area (Å²) in [5, 5.41) is 2.98. The first kappa shape index (κ1) is 15.7. The minimum absolute atomic E-state index is 0.362. The number of nitrogens with one attached hydrogen (secondary N) is 1. The van der Waals surface area contributed by atoms with Crippen LogP contribution in [0.5, 0.6) is 0 Å². The van der Waals surface area contributed by atoms with Crippen LogP contribution in [-0.4, -0.2) is 20.0 Å². The van der Waals surface area contributed by atoms with Crippen LogP contribution in [-0.2, 0) is 17.9 Å². The molecule has 1 N–H and O–H groups in total. The number of hydrogen-bond acceptors (Lipinski definition) is 4. The van der Waals surface area contributed by atoms with Gasteiger partial charge in [0.05, 0.1) is 10.9 Å². The molecule has 3 aromatic rings. The van der Waals surface area contributed by atoms with Crippen LogP contribution in [0.15, 0.2) is 58.3 Å². The molecule has 0 aliphatic heterocycles. The largest absolute Gasteiger partial charge is 0.331 e. The third-order valence-corrected chi connectivity index (χ3v) is 3.68. The van der Waals surface area contributed by atoms with Gasteiger partial charge in [-0.1, -0.05) is 18.2 Å². The lowest BCUT2D eigenvalue weighted by atomic mass is 10.2. The molecule has 0 saturated heterocycles. The maximum atomic E-state index is 12.6. The summed E-state index contributed by atoms with van der Waals surface area (Å²) >= 11 is 0. The molecule has 0 saturated carbocycles. The van der Waals surface area contributed by atoms with E-state index in [9.17, 15) is 14.4 Å². The quantitative estimate of drug-likeness (QED) is 0.782. The van der Waals surface area contributed by atoms with Crippen molar-refractivity contribution in [3.05, 3.63) is 69.5 Å². The number of anilines is 1. The molecule has 0 aliphatic carbocycles. The highest BCUT2D eigenvalue weighted by atomic mass is 16.2. The minimum Gasteiger partial charge on any atom is -0.309 e. The Morgan fingerprint density at radius 2 is 1.83 bits per heavy atom. The highest BCUT2D eigenvalue weighted by molar-refractivity contribution is 5.89. The number of hydrogen-bond donors (Lipinski definition) is 1. The van der Waals surface area contributed by atoms with E-state index in [1.807, 2.05) is 6.92 Å². The van der Waals surface area contributed by atoms with Gasteiger partial charge in [0.2, 0.25) is 5.91 Å². The molecular weight excluding hydrogens is 308 g/mol. The summed E-state index contributed by atoms with van der Waals surface area (Å²) in [7, 11) is 0. The predicted octanol–water partition coefficient (Wildman–Crippen LogP) is 1.22. The van der Waals surface area contributed by atoms with Gasteiger partial charge < -0.3 is 5.32 Å². The number of amides is 1. The zero-order chi connectivity index (χ0) is 17.1. The fourth-order valence-electron chi connectivity index (χ4n) is 2.58. The number of carbonyl (C=O) groups is 1. The number of benzene rings is 1. The highest BCUT2D eigenvalue weighted by Crippen LogP contribution is 2.07. The lowest BCUT2D eigenvalue weighted by Gasteiger charge is -2.12. The summed E-state index contributed by atoms with van der Waals surface area (Å²) in [6, 6.07) is 12.0. The van der Waals surface area contributed by atoms with Gasteiger partial charge in [-0.15, -0.1) is 0 Å². The van der Waals surface area contributed by atoms with E-state index in [1.165, 1.54) is 4.57 Å². The van der Waals surface area contributed by atoms with E-state index >= 15 is 0 Å². The van der Waals surface area contributed by atoms with Gasteiger partial charge in [-0.05, 0) is 31.2 Å². The first-order valence-corrected chi connectivity index (χ1v) is 7.55. The first-order chi connectivity index (χ1) is 11.6. The molecule has 0 unspecified atom stereocenters. The van der Waals surface area contributed by atoms with Crippen LogP contribution in [0.2, 0.25) is 0 Å². The van der Waals surface area contributed by atoms with Crippen LogP contribution in [0.25, 0.3) is 10.9 Å². The molecule has 0 fully saturated rings. The first-order valence-electron chi connectivity index (χ1n) is 7.55. The smallest absolute Gasteiger partial charge is 0.309 e.